The number of ether oxygens (including phenoxy) is 1. The molecule has 4 nitrogen and oxygen atoms in total. The molecule has 1 aromatic carbocycles. The summed E-state index contributed by atoms with van der Waals surface area (Å²) in [6.07, 6.45) is 5.87. The molecule has 0 saturated heterocycles. The number of amides is 1. The third-order valence-corrected chi connectivity index (χ3v) is 5.82. The fraction of sp³-hybridized carbons (Fsp3) is 0.364. The number of rotatable bonds is 4. The number of pyridine rings is 1. The van der Waals surface area contributed by atoms with E-state index in [0.717, 1.165) is 22.7 Å². The second-order valence-corrected chi connectivity index (χ2v) is 7.53. The van der Waals surface area contributed by atoms with E-state index in [4.69, 9.17) is 10.5 Å². The van der Waals surface area contributed by atoms with E-state index in [1.807, 2.05) is 30.3 Å². The first-order valence-electron chi connectivity index (χ1n) is 9.53. The van der Waals surface area contributed by atoms with Gasteiger partial charge in [0.25, 0.3) is 0 Å². The summed E-state index contributed by atoms with van der Waals surface area (Å²) in [4.78, 5) is 15.7. The molecule has 146 valence electrons. The molecular formula is C22H22F2N2O2. The number of fused-ring (bicyclic) bond motifs is 1. The molecule has 2 aromatic rings. The summed E-state index contributed by atoms with van der Waals surface area (Å²) in [6.45, 7) is 0. The van der Waals surface area contributed by atoms with E-state index >= 15 is 4.39 Å². The number of carbonyl (C=O) groups is 1. The molecule has 1 atom stereocenters. The van der Waals surface area contributed by atoms with Crippen LogP contribution in [0.1, 0.15) is 32.1 Å². The van der Waals surface area contributed by atoms with Gasteiger partial charge in [0.2, 0.25) is 5.91 Å². The minimum Gasteiger partial charge on any atom is -0.490 e. The highest BCUT2D eigenvalue weighted by Gasteiger charge is 2.47. The maximum absolute atomic E-state index is 15.5. The Labute approximate surface area is 162 Å². The number of alkyl halides is 1. The molecule has 1 amide bonds. The topological polar surface area (TPSA) is 65.2 Å². The van der Waals surface area contributed by atoms with Gasteiger partial charge in [-0.3, -0.25) is 9.78 Å². The van der Waals surface area contributed by atoms with Gasteiger partial charge in [-0.1, -0.05) is 18.2 Å². The van der Waals surface area contributed by atoms with Crippen LogP contribution in [-0.4, -0.2) is 22.7 Å². The van der Waals surface area contributed by atoms with Crippen LogP contribution in [-0.2, 0) is 4.79 Å². The van der Waals surface area contributed by atoms with Crippen molar-refractivity contribution in [3.63, 3.8) is 0 Å². The predicted octanol–water partition coefficient (Wildman–Crippen LogP) is 4.55. The monoisotopic (exact) mass is 384 g/mol. The second kappa shape index (κ2) is 7.34. The lowest BCUT2D eigenvalue weighted by molar-refractivity contribution is -0.115. The molecule has 2 aliphatic carbocycles. The van der Waals surface area contributed by atoms with Crippen LogP contribution in [0.3, 0.4) is 0 Å². The molecule has 0 radical (unpaired) electrons. The van der Waals surface area contributed by atoms with Crippen molar-refractivity contribution in [3.05, 3.63) is 60.1 Å². The molecule has 2 aliphatic rings. The number of nitrogens with two attached hydrogens (primary N) is 1. The Hall–Kier alpha value is -2.76. The van der Waals surface area contributed by atoms with Crippen molar-refractivity contribution in [1.29, 1.82) is 0 Å². The number of allylic oxidation sites excluding steroid dienone is 3. The molecule has 1 fully saturated rings. The molecular weight excluding hydrogens is 362 g/mol. The standard InChI is InChI=1S/C22H22F2N2O2/c23-20-10-5-14(21(25)27)13-22(20,24)15-6-8-16(9-7-15)28-19-11-12-26-18-4-2-1-3-17(18)19/h1-5,10-12,15-16H,6-9,13H2,(H2,25,27). The van der Waals surface area contributed by atoms with Crippen LogP contribution < -0.4 is 10.5 Å². The quantitative estimate of drug-likeness (QED) is 0.841. The van der Waals surface area contributed by atoms with Gasteiger partial charge in [0, 0.05) is 29.5 Å². The zero-order valence-electron chi connectivity index (χ0n) is 15.4. The summed E-state index contributed by atoms with van der Waals surface area (Å²) in [6, 6.07) is 9.57. The van der Waals surface area contributed by atoms with Gasteiger partial charge < -0.3 is 10.5 Å². The summed E-state index contributed by atoms with van der Waals surface area (Å²) in [5.74, 6) is -1.26. The molecule has 4 rings (SSSR count). The Morgan fingerprint density at radius 3 is 2.64 bits per heavy atom. The molecule has 1 aromatic heterocycles. The predicted molar refractivity (Wildman–Crippen MR) is 103 cm³/mol. The number of primary amides is 1. The molecule has 28 heavy (non-hydrogen) atoms. The van der Waals surface area contributed by atoms with Gasteiger partial charge in [-0.2, -0.15) is 0 Å². The number of para-hydroxylation sites is 1. The Bertz CT molecular complexity index is 959. The zero-order valence-corrected chi connectivity index (χ0v) is 15.4. The van der Waals surface area contributed by atoms with Gasteiger partial charge in [0.15, 0.2) is 5.67 Å². The van der Waals surface area contributed by atoms with Crippen LogP contribution in [0.2, 0.25) is 0 Å². The lowest BCUT2D eigenvalue weighted by atomic mass is 9.72. The highest BCUT2D eigenvalue weighted by atomic mass is 19.2. The lowest BCUT2D eigenvalue weighted by Crippen LogP contribution is -2.41. The minimum atomic E-state index is -2.16. The lowest BCUT2D eigenvalue weighted by Gasteiger charge is -2.39. The van der Waals surface area contributed by atoms with E-state index in [9.17, 15) is 9.18 Å². The van der Waals surface area contributed by atoms with E-state index < -0.39 is 23.3 Å². The molecule has 1 saturated carbocycles. The number of halogens is 2. The number of nitrogens with zero attached hydrogens (tertiary/aromatic N) is 1. The van der Waals surface area contributed by atoms with Gasteiger partial charge in [0.05, 0.1) is 11.6 Å². The summed E-state index contributed by atoms with van der Waals surface area (Å²) in [7, 11) is 0. The summed E-state index contributed by atoms with van der Waals surface area (Å²) < 4.78 is 36.0. The van der Waals surface area contributed by atoms with Gasteiger partial charge in [-0.05, 0) is 50.0 Å². The number of aromatic nitrogens is 1. The molecule has 0 bridgehead atoms. The van der Waals surface area contributed by atoms with E-state index in [-0.39, 0.29) is 18.1 Å². The van der Waals surface area contributed by atoms with E-state index in [1.165, 1.54) is 6.08 Å². The average molecular weight is 384 g/mol. The van der Waals surface area contributed by atoms with Crippen LogP contribution >= 0.6 is 0 Å². The molecule has 0 aliphatic heterocycles. The molecule has 1 heterocycles. The van der Waals surface area contributed by atoms with Gasteiger partial charge in [-0.15, -0.1) is 0 Å². The Kier molecular flexibility index (Phi) is 4.87. The first kappa shape index (κ1) is 18.6. The van der Waals surface area contributed by atoms with Crippen LogP contribution in [0.5, 0.6) is 5.75 Å². The Morgan fingerprint density at radius 2 is 1.89 bits per heavy atom. The molecule has 1 unspecified atom stereocenters. The van der Waals surface area contributed by atoms with Gasteiger partial charge >= 0.3 is 0 Å². The number of hydrogen-bond donors (Lipinski definition) is 1. The van der Waals surface area contributed by atoms with Gasteiger partial charge in [0.1, 0.15) is 11.6 Å². The third kappa shape index (κ3) is 3.39. The second-order valence-electron chi connectivity index (χ2n) is 7.53. The van der Waals surface area contributed by atoms with Crippen molar-refractivity contribution in [2.75, 3.05) is 0 Å². The highest BCUT2D eigenvalue weighted by Crippen LogP contribution is 2.46. The maximum Gasteiger partial charge on any atom is 0.244 e. The smallest absolute Gasteiger partial charge is 0.244 e. The zero-order chi connectivity index (χ0) is 19.7. The van der Waals surface area contributed by atoms with E-state index in [1.54, 1.807) is 6.20 Å². The van der Waals surface area contributed by atoms with Crippen LogP contribution in [0, 0.1) is 5.92 Å². The molecule has 2 N–H and O–H groups in total. The fourth-order valence-corrected chi connectivity index (χ4v) is 4.23. The molecule has 0 spiro atoms. The minimum absolute atomic E-state index is 0.0626. The highest BCUT2D eigenvalue weighted by molar-refractivity contribution is 5.92. The van der Waals surface area contributed by atoms with Crippen molar-refractivity contribution < 1.29 is 18.3 Å². The van der Waals surface area contributed by atoms with Crippen molar-refractivity contribution in [3.8, 4) is 5.75 Å². The number of benzene rings is 1. The number of hydrogen-bond acceptors (Lipinski definition) is 3. The summed E-state index contributed by atoms with van der Waals surface area (Å²) in [5, 5.41) is 0.937. The van der Waals surface area contributed by atoms with Crippen LogP contribution in [0.15, 0.2) is 60.1 Å². The fourth-order valence-electron chi connectivity index (χ4n) is 4.23. The van der Waals surface area contributed by atoms with Crippen molar-refractivity contribution >= 4 is 16.8 Å². The first-order chi connectivity index (χ1) is 13.5. The first-order valence-corrected chi connectivity index (χ1v) is 9.53. The van der Waals surface area contributed by atoms with Crippen molar-refractivity contribution in [1.82, 2.24) is 4.98 Å². The van der Waals surface area contributed by atoms with Crippen molar-refractivity contribution in [2.45, 2.75) is 43.9 Å². The van der Waals surface area contributed by atoms with Crippen LogP contribution in [0.25, 0.3) is 10.9 Å². The Balaban J connectivity index is 1.44. The average Bonchev–Trinajstić information content (AvgIpc) is 2.71. The van der Waals surface area contributed by atoms with Crippen molar-refractivity contribution in [2.24, 2.45) is 11.7 Å². The Morgan fingerprint density at radius 1 is 1.14 bits per heavy atom. The normalized spacial score (nSPS) is 27.8. The SMILES string of the molecule is NC(=O)C1=CC=C(F)C(F)(C2CCC(Oc3ccnc4ccccc34)CC2)C1. The largest absolute Gasteiger partial charge is 0.490 e. The molecule has 6 heteroatoms. The maximum atomic E-state index is 15.5. The van der Waals surface area contributed by atoms with Gasteiger partial charge in [-0.25, -0.2) is 8.78 Å². The van der Waals surface area contributed by atoms with E-state index in [2.05, 4.69) is 4.98 Å². The summed E-state index contributed by atoms with van der Waals surface area (Å²) >= 11 is 0. The van der Waals surface area contributed by atoms with E-state index in [0.29, 0.717) is 25.7 Å². The third-order valence-electron chi connectivity index (χ3n) is 5.82. The number of carbonyl (C=O) groups excluding carboxylic acids is 1. The summed E-state index contributed by atoms with van der Waals surface area (Å²) in [5.41, 5.74) is 4.09. The van der Waals surface area contributed by atoms with Crippen LogP contribution in [0.4, 0.5) is 8.78 Å².